The molecule has 1 aliphatic carbocycles. The number of rotatable bonds is 6. The minimum absolute atomic E-state index is 0.329. The first-order valence-corrected chi connectivity index (χ1v) is 6.79. The third-order valence-electron chi connectivity index (χ3n) is 3.44. The van der Waals surface area contributed by atoms with E-state index in [1.165, 1.54) is 32.1 Å². The molecule has 1 rings (SSSR count). The van der Waals surface area contributed by atoms with Crippen LogP contribution in [0.15, 0.2) is 0 Å². The molecule has 1 fully saturated rings. The van der Waals surface area contributed by atoms with Crippen molar-refractivity contribution in [2.45, 2.75) is 58.4 Å². The summed E-state index contributed by atoms with van der Waals surface area (Å²) < 4.78 is 0. The molecular formula is C13H26N2O. The molecule has 0 aromatic rings. The van der Waals surface area contributed by atoms with Gasteiger partial charge < -0.3 is 10.2 Å². The molecule has 0 atom stereocenters. The second kappa shape index (κ2) is 7.66. The number of nitrogens with zero attached hydrogens (tertiary/aromatic N) is 1. The highest BCUT2D eigenvalue weighted by Gasteiger charge is 2.23. The van der Waals surface area contributed by atoms with Crippen molar-refractivity contribution in [3.8, 4) is 0 Å². The van der Waals surface area contributed by atoms with Gasteiger partial charge in [-0.2, -0.15) is 0 Å². The van der Waals surface area contributed by atoms with Crippen molar-refractivity contribution in [2.24, 2.45) is 0 Å². The van der Waals surface area contributed by atoms with E-state index in [2.05, 4.69) is 24.1 Å². The van der Waals surface area contributed by atoms with Gasteiger partial charge in [-0.1, -0.05) is 26.2 Å². The summed E-state index contributed by atoms with van der Waals surface area (Å²) in [5.41, 5.74) is 0. The van der Waals surface area contributed by atoms with Gasteiger partial charge in [0.1, 0.15) is 0 Å². The van der Waals surface area contributed by atoms with Gasteiger partial charge in [-0.3, -0.25) is 4.79 Å². The lowest BCUT2D eigenvalue weighted by molar-refractivity contribution is -0.133. The van der Waals surface area contributed by atoms with E-state index in [9.17, 15) is 4.79 Å². The largest absolute Gasteiger partial charge is 0.340 e. The van der Waals surface area contributed by atoms with Crippen LogP contribution in [0.2, 0.25) is 0 Å². The molecule has 0 spiro atoms. The zero-order chi connectivity index (χ0) is 11.8. The van der Waals surface area contributed by atoms with Crippen molar-refractivity contribution in [3.63, 3.8) is 0 Å². The van der Waals surface area contributed by atoms with Crippen LogP contribution in [0.1, 0.15) is 52.4 Å². The van der Waals surface area contributed by atoms with Gasteiger partial charge in [0, 0.05) is 25.6 Å². The average molecular weight is 226 g/mol. The van der Waals surface area contributed by atoms with Gasteiger partial charge >= 0.3 is 0 Å². The third-order valence-corrected chi connectivity index (χ3v) is 3.44. The molecule has 1 saturated carbocycles. The molecule has 0 radical (unpaired) electrons. The SMILES string of the molecule is CCNCCC(=O)N(CC)C1CCCCC1. The lowest BCUT2D eigenvalue weighted by Gasteiger charge is -2.33. The number of hydrogen-bond acceptors (Lipinski definition) is 2. The van der Waals surface area contributed by atoms with Crippen molar-refractivity contribution in [2.75, 3.05) is 19.6 Å². The number of amides is 1. The Morgan fingerprint density at radius 2 is 1.94 bits per heavy atom. The average Bonchev–Trinajstić information content (AvgIpc) is 2.32. The maximum atomic E-state index is 12.0. The first-order chi connectivity index (χ1) is 7.79. The summed E-state index contributed by atoms with van der Waals surface area (Å²) in [6.07, 6.45) is 7.00. The van der Waals surface area contributed by atoms with Gasteiger partial charge in [-0.25, -0.2) is 0 Å². The van der Waals surface area contributed by atoms with E-state index >= 15 is 0 Å². The fourth-order valence-corrected chi connectivity index (χ4v) is 2.55. The van der Waals surface area contributed by atoms with E-state index in [0.29, 0.717) is 18.4 Å². The Balaban J connectivity index is 2.35. The van der Waals surface area contributed by atoms with Crippen LogP contribution in [0.25, 0.3) is 0 Å². The van der Waals surface area contributed by atoms with Crippen LogP contribution in [-0.2, 0) is 4.79 Å². The van der Waals surface area contributed by atoms with Crippen LogP contribution in [0.4, 0.5) is 0 Å². The van der Waals surface area contributed by atoms with Gasteiger partial charge in [0.25, 0.3) is 0 Å². The minimum Gasteiger partial charge on any atom is -0.340 e. The molecule has 0 aliphatic heterocycles. The van der Waals surface area contributed by atoms with E-state index < -0.39 is 0 Å². The fraction of sp³-hybridized carbons (Fsp3) is 0.923. The first kappa shape index (κ1) is 13.5. The summed E-state index contributed by atoms with van der Waals surface area (Å²) in [6.45, 7) is 6.81. The molecule has 1 amide bonds. The van der Waals surface area contributed by atoms with Crippen LogP contribution in [0.3, 0.4) is 0 Å². The smallest absolute Gasteiger partial charge is 0.224 e. The highest BCUT2D eigenvalue weighted by Crippen LogP contribution is 2.22. The summed E-state index contributed by atoms with van der Waals surface area (Å²) in [4.78, 5) is 14.1. The van der Waals surface area contributed by atoms with Crippen LogP contribution < -0.4 is 5.32 Å². The Morgan fingerprint density at radius 3 is 2.50 bits per heavy atom. The molecule has 0 aromatic carbocycles. The van der Waals surface area contributed by atoms with E-state index in [4.69, 9.17) is 0 Å². The molecule has 3 nitrogen and oxygen atoms in total. The zero-order valence-electron chi connectivity index (χ0n) is 10.8. The predicted molar refractivity (Wildman–Crippen MR) is 67.4 cm³/mol. The summed E-state index contributed by atoms with van der Waals surface area (Å²) >= 11 is 0. The molecule has 1 N–H and O–H groups in total. The normalized spacial score (nSPS) is 17.4. The van der Waals surface area contributed by atoms with E-state index in [1.54, 1.807) is 0 Å². The Morgan fingerprint density at radius 1 is 1.25 bits per heavy atom. The van der Waals surface area contributed by atoms with Gasteiger partial charge in [-0.05, 0) is 26.3 Å². The monoisotopic (exact) mass is 226 g/mol. The van der Waals surface area contributed by atoms with Gasteiger partial charge in [-0.15, -0.1) is 0 Å². The van der Waals surface area contributed by atoms with E-state index in [-0.39, 0.29) is 0 Å². The Kier molecular flexibility index (Phi) is 6.46. The molecule has 0 aromatic heterocycles. The van der Waals surface area contributed by atoms with Gasteiger partial charge in [0.05, 0.1) is 0 Å². The standard InChI is InChI=1S/C13H26N2O/c1-3-14-11-10-13(16)15(4-2)12-8-6-5-7-9-12/h12,14H,3-11H2,1-2H3. The van der Waals surface area contributed by atoms with Crippen LogP contribution in [-0.4, -0.2) is 36.5 Å². The summed E-state index contributed by atoms with van der Waals surface area (Å²) in [5.74, 6) is 0.329. The van der Waals surface area contributed by atoms with Crippen molar-refractivity contribution in [1.82, 2.24) is 10.2 Å². The van der Waals surface area contributed by atoms with Gasteiger partial charge in [0.15, 0.2) is 0 Å². The molecule has 0 unspecified atom stereocenters. The summed E-state index contributed by atoms with van der Waals surface area (Å²) in [7, 11) is 0. The zero-order valence-corrected chi connectivity index (χ0v) is 10.8. The number of carbonyl (C=O) groups excluding carboxylic acids is 1. The van der Waals surface area contributed by atoms with E-state index in [1.807, 2.05) is 0 Å². The quantitative estimate of drug-likeness (QED) is 0.704. The molecule has 0 heterocycles. The molecule has 94 valence electrons. The fourth-order valence-electron chi connectivity index (χ4n) is 2.55. The van der Waals surface area contributed by atoms with Crippen molar-refractivity contribution < 1.29 is 4.79 Å². The second-order valence-corrected chi connectivity index (χ2v) is 4.58. The highest BCUT2D eigenvalue weighted by molar-refractivity contribution is 5.76. The molecule has 3 heteroatoms. The number of hydrogen-bond donors (Lipinski definition) is 1. The van der Waals surface area contributed by atoms with Crippen LogP contribution >= 0.6 is 0 Å². The van der Waals surface area contributed by atoms with Crippen LogP contribution in [0, 0.1) is 0 Å². The summed E-state index contributed by atoms with van der Waals surface area (Å²) in [5, 5.41) is 3.21. The maximum absolute atomic E-state index is 12.0. The van der Waals surface area contributed by atoms with Crippen molar-refractivity contribution in [1.29, 1.82) is 0 Å². The topological polar surface area (TPSA) is 32.3 Å². The summed E-state index contributed by atoms with van der Waals surface area (Å²) in [6, 6.07) is 0.521. The lowest BCUT2D eigenvalue weighted by Crippen LogP contribution is -2.42. The number of nitrogens with one attached hydrogen (secondary N) is 1. The van der Waals surface area contributed by atoms with E-state index in [0.717, 1.165) is 19.6 Å². The molecular weight excluding hydrogens is 200 g/mol. The highest BCUT2D eigenvalue weighted by atomic mass is 16.2. The molecule has 0 saturated heterocycles. The Labute approximate surface area is 99.6 Å². The van der Waals surface area contributed by atoms with Crippen LogP contribution in [0.5, 0.6) is 0 Å². The second-order valence-electron chi connectivity index (χ2n) is 4.58. The minimum atomic E-state index is 0.329. The Bertz CT molecular complexity index is 200. The van der Waals surface area contributed by atoms with Crippen molar-refractivity contribution in [3.05, 3.63) is 0 Å². The molecule has 1 aliphatic rings. The molecule has 0 bridgehead atoms. The predicted octanol–water partition coefficient (Wildman–Crippen LogP) is 2.17. The van der Waals surface area contributed by atoms with Gasteiger partial charge in [0.2, 0.25) is 5.91 Å². The maximum Gasteiger partial charge on any atom is 0.224 e. The van der Waals surface area contributed by atoms with Crippen molar-refractivity contribution >= 4 is 5.91 Å². The lowest BCUT2D eigenvalue weighted by atomic mass is 9.94. The third kappa shape index (κ3) is 4.12. The Hall–Kier alpha value is -0.570. The first-order valence-electron chi connectivity index (χ1n) is 6.79. The molecule has 16 heavy (non-hydrogen) atoms. The number of carbonyl (C=O) groups is 1.